The van der Waals surface area contributed by atoms with Gasteiger partial charge in [-0.25, -0.2) is 9.97 Å². The fourth-order valence-electron chi connectivity index (χ4n) is 3.14. The van der Waals surface area contributed by atoms with Crippen LogP contribution in [0.15, 0.2) is 35.7 Å². The molecule has 2 aromatic heterocycles. The number of rotatable bonds is 5. The minimum absolute atomic E-state index is 0.774. The predicted octanol–water partition coefficient (Wildman–Crippen LogP) is 3.62. The number of benzene rings is 1. The normalized spacial score (nSPS) is 15.6. The maximum Gasteiger partial charge on any atom is 0.146 e. The molecule has 0 bridgehead atoms. The zero-order valence-corrected chi connectivity index (χ0v) is 15.2. The lowest BCUT2D eigenvalue weighted by Crippen LogP contribution is -2.36. The molecule has 0 unspecified atom stereocenters. The van der Waals surface area contributed by atoms with Crippen LogP contribution in [0.3, 0.4) is 0 Å². The summed E-state index contributed by atoms with van der Waals surface area (Å²) in [5.74, 6) is 1.82. The van der Waals surface area contributed by atoms with Gasteiger partial charge in [-0.05, 0) is 12.5 Å². The van der Waals surface area contributed by atoms with E-state index in [1.54, 1.807) is 11.3 Å². The number of nitrogens with zero attached hydrogens (tertiary/aromatic N) is 3. The first-order valence-corrected chi connectivity index (χ1v) is 9.60. The molecule has 0 saturated carbocycles. The SMILES string of the molecule is CCNc1nc(CN2CCOCC2)nc2scc(-c3ccccc3)c12. The van der Waals surface area contributed by atoms with Crippen molar-refractivity contribution in [3.63, 3.8) is 0 Å². The average Bonchev–Trinajstić information content (AvgIpc) is 3.08. The molecule has 1 saturated heterocycles. The van der Waals surface area contributed by atoms with Crippen LogP contribution in [-0.4, -0.2) is 47.7 Å². The van der Waals surface area contributed by atoms with Gasteiger partial charge in [0.05, 0.1) is 25.1 Å². The topological polar surface area (TPSA) is 50.3 Å². The third-order valence-electron chi connectivity index (χ3n) is 4.38. The van der Waals surface area contributed by atoms with Crippen molar-refractivity contribution >= 4 is 27.4 Å². The summed E-state index contributed by atoms with van der Waals surface area (Å²) in [6.07, 6.45) is 0. The van der Waals surface area contributed by atoms with Gasteiger partial charge in [0.15, 0.2) is 0 Å². The van der Waals surface area contributed by atoms with Crippen LogP contribution in [0.5, 0.6) is 0 Å². The van der Waals surface area contributed by atoms with E-state index >= 15 is 0 Å². The third kappa shape index (κ3) is 3.51. The van der Waals surface area contributed by atoms with Crippen molar-refractivity contribution in [3.05, 3.63) is 41.5 Å². The second kappa shape index (κ2) is 7.47. The zero-order valence-electron chi connectivity index (χ0n) is 14.4. The van der Waals surface area contributed by atoms with Crippen LogP contribution < -0.4 is 5.32 Å². The molecule has 3 heterocycles. The molecule has 130 valence electrons. The maximum atomic E-state index is 5.43. The average molecular weight is 354 g/mol. The molecule has 3 aromatic rings. The van der Waals surface area contributed by atoms with Gasteiger partial charge in [0.2, 0.25) is 0 Å². The largest absolute Gasteiger partial charge is 0.379 e. The van der Waals surface area contributed by atoms with Crippen LogP contribution >= 0.6 is 11.3 Å². The Kier molecular flexibility index (Phi) is 4.92. The lowest BCUT2D eigenvalue weighted by molar-refractivity contribution is 0.0331. The Morgan fingerprint density at radius 1 is 1.16 bits per heavy atom. The van der Waals surface area contributed by atoms with E-state index in [9.17, 15) is 0 Å². The van der Waals surface area contributed by atoms with Gasteiger partial charge in [-0.3, -0.25) is 4.90 Å². The Hall–Kier alpha value is -2.02. The van der Waals surface area contributed by atoms with Crippen LogP contribution in [0.4, 0.5) is 5.82 Å². The highest BCUT2D eigenvalue weighted by atomic mass is 32.1. The molecule has 6 heteroatoms. The number of hydrogen-bond donors (Lipinski definition) is 1. The molecule has 0 atom stereocenters. The lowest BCUT2D eigenvalue weighted by Gasteiger charge is -2.25. The van der Waals surface area contributed by atoms with Crippen molar-refractivity contribution in [3.8, 4) is 11.1 Å². The van der Waals surface area contributed by atoms with E-state index in [2.05, 4.69) is 46.8 Å². The lowest BCUT2D eigenvalue weighted by atomic mass is 10.1. The standard InChI is InChI=1S/C19H22N4OS/c1-2-20-18-17-15(14-6-4-3-5-7-14)13-25-19(17)22-16(21-18)12-23-8-10-24-11-9-23/h3-7,13H,2,8-12H2,1H3,(H,20,21,22). The Bertz CT molecular complexity index is 843. The van der Waals surface area contributed by atoms with Gasteiger partial charge in [0.25, 0.3) is 0 Å². The fraction of sp³-hybridized carbons (Fsp3) is 0.368. The second-order valence-electron chi connectivity index (χ2n) is 6.10. The Labute approximate surface area is 151 Å². The number of morpholine rings is 1. The highest BCUT2D eigenvalue weighted by molar-refractivity contribution is 7.17. The Balaban J connectivity index is 1.73. The van der Waals surface area contributed by atoms with Crippen LogP contribution in [0.2, 0.25) is 0 Å². The van der Waals surface area contributed by atoms with Gasteiger partial charge < -0.3 is 10.1 Å². The van der Waals surface area contributed by atoms with Crippen molar-refractivity contribution in [2.24, 2.45) is 0 Å². The molecule has 1 aliphatic heterocycles. The summed E-state index contributed by atoms with van der Waals surface area (Å²) in [5.41, 5.74) is 2.41. The molecule has 1 fully saturated rings. The van der Waals surface area contributed by atoms with Gasteiger partial charge in [-0.15, -0.1) is 11.3 Å². The Morgan fingerprint density at radius 3 is 2.72 bits per heavy atom. The van der Waals surface area contributed by atoms with Gasteiger partial charge in [0.1, 0.15) is 16.5 Å². The molecular formula is C19H22N4OS. The smallest absolute Gasteiger partial charge is 0.146 e. The summed E-state index contributed by atoms with van der Waals surface area (Å²) in [6, 6.07) is 10.5. The van der Waals surface area contributed by atoms with E-state index in [0.29, 0.717) is 0 Å². The van der Waals surface area contributed by atoms with Crippen LogP contribution in [0.25, 0.3) is 21.3 Å². The minimum atomic E-state index is 0.774. The summed E-state index contributed by atoms with van der Waals surface area (Å²) in [6.45, 7) is 7.18. The number of thiophene rings is 1. The van der Waals surface area contributed by atoms with E-state index in [-0.39, 0.29) is 0 Å². The first-order valence-electron chi connectivity index (χ1n) is 8.72. The third-order valence-corrected chi connectivity index (χ3v) is 5.25. The molecular weight excluding hydrogens is 332 g/mol. The molecule has 4 rings (SSSR count). The van der Waals surface area contributed by atoms with Gasteiger partial charge in [0, 0.05) is 30.6 Å². The first-order chi connectivity index (χ1) is 12.3. The van der Waals surface area contributed by atoms with Crippen LogP contribution in [0, 0.1) is 0 Å². The first kappa shape index (κ1) is 16.4. The fourth-order valence-corrected chi connectivity index (χ4v) is 4.11. The molecule has 5 nitrogen and oxygen atoms in total. The van der Waals surface area contributed by atoms with E-state index in [0.717, 1.165) is 61.3 Å². The number of nitrogens with one attached hydrogen (secondary N) is 1. The zero-order chi connectivity index (χ0) is 17.1. The molecule has 1 N–H and O–H groups in total. The predicted molar refractivity (Wildman–Crippen MR) is 103 cm³/mol. The van der Waals surface area contributed by atoms with E-state index in [4.69, 9.17) is 14.7 Å². The van der Waals surface area contributed by atoms with E-state index < -0.39 is 0 Å². The minimum Gasteiger partial charge on any atom is -0.379 e. The number of anilines is 1. The highest BCUT2D eigenvalue weighted by Gasteiger charge is 2.17. The summed E-state index contributed by atoms with van der Waals surface area (Å²) in [4.78, 5) is 13.1. The van der Waals surface area contributed by atoms with E-state index in [1.165, 1.54) is 11.1 Å². The number of ether oxygens (including phenoxy) is 1. The molecule has 0 radical (unpaired) electrons. The van der Waals surface area contributed by atoms with E-state index in [1.807, 2.05) is 6.07 Å². The highest BCUT2D eigenvalue weighted by Crippen LogP contribution is 2.36. The van der Waals surface area contributed by atoms with Gasteiger partial charge in [-0.2, -0.15) is 0 Å². The molecule has 1 aliphatic rings. The maximum absolute atomic E-state index is 5.43. The van der Waals surface area contributed by atoms with Crippen molar-refractivity contribution in [1.82, 2.24) is 14.9 Å². The molecule has 1 aromatic carbocycles. The van der Waals surface area contributed by atoms with Crippen molar-refractivity contribution in [2.45, 2.75) is 13.5 Å². The summed E-state index contributed by atoms with van der Waals surface area (Å²) >= 11 is 1.69. The second-order valence-corrected chi connectivity index (χ2v) is 6.96. The molecule has 0 aliphatic carbocycles. The van der Waals surface area contributed by atoms with Crippen molar-refractivity contribution in [2.75, 3.05) is 38.2 Å². The molecule has 0 spiro atoms. The monoisotopic (exact) mass is 354 g/mol. The molecule has 25 heavy (non-hydrogen) atoms. The van der Waals surface area contributed by atoms with Crippen molar-refractivity contribution in [1.29, 1.82) is 0 Å². The van der Waals surface area contributed by atoms with Gasteiger partial charge in [-0.1, -0.05) is 30.3 Å². The molecule has 0 amide bonds. The quantitative estimate of drug-likeness (QED) is 0.758. The number of aromatic nitrogens is 2. The van der Waals surface area contributed by atoms with Crippen LogP contribution in [0.1, 0.15) is 12.7 Å². The van der Waals surface area contributed by atoms with Crippen molar-refractivity contribution < 1.29 is 4.74 Å². The number of fused-ring (bicyclic) bond motifs is 1. The van der Waals surface area contributed by atoms with Gasteiger partial charge >= 0.3 is 0 Å². The summed E-state index contributed by atoms with van der Waals surface area (Å²) < 4.78 is 5.43. The summed E-state index contributed by atoms with van der Waals surface area (Å²) in [5, 5.41) is 6.75. The summed E-state index contributed by atoms with van der Waals surface area (Å²) in [7, 11) is 0. The Morgan fingerprint density at radius 2 is 1.96 bits per heavy atom. The number of hydrogen-bond acceptors (Lipinski definition) is 6. The van der Waals surface area contributed by atoms with Crippen LogP contribution in [-0.2, 0) is 11.3 Å².